The first-order valence-electron chi connectivity index (χ1n) is 2.05. The van der Waals surface area contributed by atoms with E-state index in [9.17, 15) is 12.9 Å². The van der Waals surface area contributed by atoms with Gasteiger partial charge in [-0.05, 0) is 0 Å². The molecule has 0 bridgehead atoms. The van der Waals surface area contributed by atoms with Gasteiger partial charge < -0.3 is 18.1 Å². The van der Waals surface area contributed by atoms with Gasteiger partial charge in [0.05, 0.1) is 6.61 Å². The Bertz CT molecular complexity index is 91.5. The third-order valence-corrected chi connectivity index (χ3v) is 0.460. The molecule has 0 aliphatic rings. The van der Waals surface area contributed by atoms with Crippen molar-refractivity contribution in [1.29, 1.82) is 0 Å². The average molecular weight is 164 g/mol. The Morgan fingerprint density at radius 2 is 1.78 bits per heavy atom. The zero-order valence-corrected chi connectivity index (χ0v) is 8.14. The van der Waals surface area contributed by atoms with Crippen LogP contribution in [0.3, 0.4) is 0 Å². The first-order valence-corrected chi connectivity index (χ1v) is 2.05. The molecule has 0 fully saturated rings. The Hall–Kier alpha value is 1.19. The minimum Gasteiger partial charge on any atom is -0.445 e. The average Bonchev–Trinajstić information content (AvgIpc) is 1.59. The minimum absolute atomic E-state index is 0. The largest absolute Gasteiger partial charge is 1.00 e. The molecule has 0 unspecified atom stereocenters. The molecule has 0 atom stereocenters. The molecule has 0 spiro atoms. The van der Waals surface area contributed by atoms with Crippen LogP contribution < -0.4 is 51.4 Å². The first kappa shape index (κ1) is 12.8. The van der Waals surface area contributed by atoms with Crippen LogP contribution in [0.2, 0.25) is 0 Å². The molecule has 1 N–H and O–H groups in total. The Labute approximate surface area is 93.8 Å². The second-order valence-corrected chi connectivity index (χ2v) is 1.24. The summed E-state index contributed by atoms with van der Waals surface area (Å²) in [6.07, 6.45) is 0.667. The molecule has 0 aromatic heterocycles. The summed E-state index contributed by atoms with van der Waals surface area (Å²) in [5.74, 6) is 0.0556. The molecule has 1 nitrogen and oxygen atoms in total. The van der Waals surface area contributed by atoms with E-state index in [0.717, 1.165) is 0 Å². The number of hydrogen-bond acceptors (Lipinski definition) is 1. The topological polar surface area (TPSA) is 20.2 Å². The first-order chi connectivity index (χ1) is 3.56. The van der Waals surface area contributed by atoms with E-state index in [1.165, 1.54) is 0 Å². The van der Waals surface area contributed by atoms with Crippen molar-refractivity contribution < 1.29 is 69.4 Å². The maximum absolute atomic E-state index is 11.1. The van der Waals surface area contributed by atoms with Crippen LogP contribution in [0.4, 0.5) is 12.9 Å². The maximum Gasteiger partial charge on any atom is 1.00 e. The van der Waals surface area contributed by atoms with Gasteiger partial charge >= 0.3 is 58.4 Å². The molecule has 0 amide bonds. The molecule has 0 heterocycles. The molecule has 0 radical (unpaired) electrons. The van der Waals surface area contributed by atoms with E-state index in [2.05, 4.69) is 0 Å². The number of halogens is 3. The van der Waals surface area contributed by atoms with Gasteiger partial charge in [0.25, 0.3) is 0 Å². The fourth-order valence-corrected chi connectivity index (χ4v) is 0.215. The van der Waals surface area contributed by atoms with E-state index >= 15 is 0 Å². The molecule has 0 saturated heterocycles. The standard InChI is InChI=1S/C3H5BF3O.K/c5-4(6,7)2-1-3-8;/h1-2,8H,3H2;/q-1;+1/b2-1+;. The van der Waals surface area contributed by atoms with Crippen molar-refractivity contribution in [1.82, 2.24) is 0 Å². The quantitative estimate of drug-likeness (QED) is 0.464. The molecule has 0 aliphatic carbocycles. The fourth-order valence-electron chi connectivity index (χ4n) is 0.215. The zero-order chi connectivity index (χ0) is 6.62. The summed E-state index contributed by atoms with van der Waals surface area (Å²) in [5.41, 5.74) is 0. The molecule has 0 saturated carbocycles. The van der Waals surface area contributed by atoms with Crippen molar-refractivity contribution in [2.24, 2.45) is 0 Å². The van der Waals surface area contributed by atoms with Gasteiger partial charge in [0.1, 0.15) is 0 Å². The van der Waals surface area contributed by atoms with Crippen LogP contribution in [-0.2, 0) is 0 Å². The third-order valence-electron chi connectivity index (χ3n) is 0.460. The Morgan fingerprint density at radius 3 is 1.89 bits per heavy atom. The molecule has 0 aromatic rings. The van der Waals surface area contributed by atoms with Crippen molar-refractivity contribution in [2.75, 3.05) is 6.61 Å². The predicted octanol–water partition coefficient (Wildman–Crippen LogP) is -2.07. The van der Waals surface area contributed by atoms with E-state index < -0.39 is 13.6 Å². The molecule has 48 valence electrons. The molecule has 0 rings (SSSR count). The van der Waals surface area contributed by atoms with Gasteiger partial charge in [0.15, 0.2) is 0 Å². The van der Waals surface area contributed by atoms with E-state index in [0.29, 0.717) is 6.08 Å². The molecular weight excluding hydrogens is 159 g/mol. The molecule has 0 aromatic carbocycles. The second kappa shape index (κ2) is 5.94. The van der Waals surface area contributed by atoms with Crippen LogP contribution in [-0.4, -0.2) is 18.7 Å². The zero-order valence-electron chi connectivity index (χ0n) is 5.02. The van der Waals surface area contributed by atoms with Gasteiger partial charge in [-0.2, -0.15) is 0 Å². The van der Waals surface area contributed by atoms with Crippen molar-refractivity contribution in [2.45, 2.75) is 0 Å². The molecule has 6 heteroatoms. The summed E-state index contributed by atoms with van der Waals surface area (Å²) in [4.78, 5) is 0. The van der Waals surface area contributed by atoms with Gasteiger partial charge in [-0.3, -0.25) is 0 Å². The summed E-state index contributed by atoms with van der Waals surface area (Å²) >= 11 is 0. The van der Waals surface area contributed by atoms with E-state index in [4.69, 9.17) is 5.11 Å². The minimum atomic E-state index is -4.84. The van der Waals surface area contributed by atoms with Gasteiger partial charge in [-0.25, -0.2) is 0 Å². The summed E-state index contributed by atoms with van der Waals surface area (Å²) in [6, 6.07) is 0. The summed E-state index contributed by atoms with van der Waals surface area (Å²) < 4.78 is 33.3. The summed E-state index contributed by atoms with van der Waals surface area (Å²) in [6.45, 7) is -5.40. The molecule has 0 aliphatic heterocycles. The number of aliphatic hydroxyl groups excluding tert-OH is 1. The van der Waals surface area contributed by atoms with Crippen LogP contribution in [0.15, 0.2) is 12.1 Å². The maximum atomic E-state index is 11.1. The fraction of sp³-hybridized carbons (Fsp3) is 0.333. The third kappa shape index (κ3) is 12.4. The number of rotatable bonds is 2. The van der Waals surface area contributed by atoms with E-state index in [-0.39, 0.29) is 57.4 Å². The summed E-state index contributed by atoms with van der Waals surface area (Å²) in [5, 5.41) is 7.85. The van der Waals surface area contributed by atoms with Crippen LogP contribution >= 0.6 is 0 Å². The van der Waals surface area contributed by atoms with Gasteiger partial charge in [-0.15, -0.1) is 5.98 Å². The van der Waals surface area contributed by atoms with Crippen molar-refractivity contribution in [3.05, 3.63) is 12.1 Å². The smallest absolute Gasteiger partial charge is 0.445 e. The van der Waals surface area contributed by atoms with Crippen molar-refractivity contribution in [3.63, 3.8) is 0 Å². The number of aliphatic hydroxyl groups is 1. The number of hydrogen-bond donors (Lipinski definition) is 1. The Morgan fingerprint density at radius 1 is 1.33 bits per heavy atom. The molecule has 9 heavy (non-hydrogen) atoms. The van der Waals surface area contributed by atoms with Crippen molar-refractivity contribution >= 4 is 6.98 Å². The van der Waals surface area contributed by atoms with Crippen LogP contribution in [0, 0.1) is 0 Å². The van der Waals surface area contributed by atoms with Crippen LogP contribution in [0.25, 0.3) is 0 Å². The van der Waals surface area contributed by atoms with E-state index in [1.807, 2.05) is 0 Å². The predicted molar refractivity (Wildman–Crippen MR) is 25.3 cm³/mol. The monoisotopic (exact) mass is 164 g/mol. The normalized spacial score (nSPS) is 11.6. The van der Waals surface area contributed by atoms with Gasteiger partial charge in [-0.1, -0.05) is 6.08 Å². The SMILES string of the molecule is OC/C=C/[B-](F)(F)F.[K+]. The Balaban J connectivity index is 0. The Kier molecular flexibility index (Phi) is 8.47. The van der Waals surface area contributed by atoms with Crippen molar-refractivity contribution in [3.8, 4) is 0 Å². The second-order valence-electron chi connectivity index (χ2n) is 1.24. The van der Waals surface area contributed by atoms with Crippen LogP contribution in [0.5, 0.6) is 0 Å². The van der Waals surface area contributed by atoms with Gasteiger partial charge in [0.2, 0.25) is 0 Å². The van der Waals surface area contributed by atoms with Crippen LogP contribution in [0.1, 0.15) is 0 Å². The molecular formula is C3H5BF3KO. The summed E-state index contributed by atoms with van der Waals surface area (Å²) in [7, 11) is 0. The van der Waals surface area contributed by atoms with E-state index in [1.54, 1.807) is 0 Å². The van der Waals surface area contributed by atoms with Gasteiger partial charge in [0, 0.05) is 0 Å².